The molecule has 0 fully saturated rings. The van der Waals surface area contributed by atoms with Gasteiger partial charge >= 0.3 is 5.69 Å². The van der Waals surface area contributed by atoms with Crippen LogP contribution in [0.15, 0.2) is 32.4 Å². The van der Waals surface area contributed by atoms with Crippen LogP contribution in [0.25, 0.3) is 0 Å². The fourth-order valence-corrected chi connectivity index (χ4v) is 2.61. The van der Waals surface area contributed by atoms with E-state index in [9.17, 15) is 19.2 Å². The number of anilines is 2. The van der Waals surface area contributed by atoms with Crippen molar-refractivity contribution >= 4 is 39.3 Å². The van der Waals surface area contributed by atoms with Gasteiger partial charge in [0.2, 0.25) is 5.91 Å². The van der Waals surface area contributed by atoms with Gasteiger partial charge in [0.1, 0.15) is 17.2 Å². The maximum atomic E-state index is 12.5. The van der Waals surface area contributed by atoms with Gasteiger partial charge in [-0.25, -0.2) is 9.78 Å². The van der Waals surface area contributed by atoms with E-state index in [1.165, 1.54) is 19.0 Å². The van der Waals surface area contributed by atoms with Crippen LogP contribution in [0.3, 0.4) is 0 Å². The molecule has 1 amide bonds. The highest BCUT2D eigenvalue weighted by atomic mass is 79.9. The van der Waals surface area contributed by atoms with E-state index in [-0.39, 0.29) is 30.4 Å². The second-order valence-electron chi connectivity index (χ2n) is 5.97. The number of hydrogen-bond donors (Lipinski definition) is 2. The van der Waals surface area contributed by atoms with E-state index >= 15 is 0 Å². The topological polar surface area (TPSA) is 132 Å². The number of nitrogens with two attached hydrogens (primary N) is 1. The van der Waals surface area contributed by atoms with E-state index in [4.69, 9.17) is 5.73 Å². The minimum Gasteiger partial charge on any atom is -0.384 e. The molecule has 2 aromatic heterocycles. The number of carbonyl (C=O) groups is 2. The average Bonchev–Trinajstić information content (AvgIpc) is 2.60. The zero-order chi connectivity index (χ0) is 20.3. The molecule has 2 aromatic rings. The van der Waals surface area contributed by atoms with Crippen LogP contribution in [-0.4, -0.2) is 50.8 Å². The Morgan fingerprint density at radius 3 is 2.48 bits per heavy atom. The van der Waals surface area contributed by atoms with Crippen LogP contribution >= 0.6 is 15.9 Å². The minimum atomic E-state index is -0.766. The molecule has 0 spiro atoms. The zero-order valence-electron chi connectivity index (χ0n) is 15.0. The molecule has 0 bridgehead atoms. The van der Waals surface area contributed by atoms with Crippen LogP contribution in [0.2, 0.25) is 0 Å². The Kier molecular flexibility index (Phi) is 6.28. The smallest absolute Gasteiger partial charge is 0.332 e. The number of nitrogens with zero attached hydrogens (tertiary/aromatic N) is 4. The molecule has 0 saturated carbocycles. The highest BCUT2D eigenvalue weighted by Crippen LogP contribution is 2.10. The van der Waals surface area contributed by atoms with Gasteiger partial charge in [-0.2, -0.15) is 0 Å². The van der Waals surface area contributed by atoms with Gasteiger partial charge < -0.3 is 11.1 Å². The first kappa shape index (κ1) is 20.5. The third-order valence-electron chi connectivity index (χ3n) is 3.81. The van der Waals surface area contributed by atoms with Crippen LogP contribution in [0.5, 0.6) is 0 Å². The second-order valence-corrected chi connectivity index (χ2v) is 6.89. The monoisotopic (exact) mass is 438 g/mol. The molecule has 0 saturated heterocycles. The molecule has 10 nitrogen and oxygen atoms in total. The lowest BCUT2D eigenvalue weighted by Gasteiger charge is -2.16. The molecule has 0 aliphatic rings. The molecule has 11 heteroatoms. The van der Waals surface area contributed by atoms with Gasteiger partial charge in [-0.05, 0) is 35.1 Å². The quantitative estimate of drug-likeness (QED) is 0.584. The zero-order valence-corrected chi connectivity index (χ0v) is 16.6. The van der Waals surface area contributed by atoms with Crippen molar-refractivity contribution in [1.82, 2.24) is 19.0 Å². The highest BCUT2D eigenvalue weighted by Gasteiger charge is 2.22. The Hall–Kier alpha value is -2.79. The van der Waals surface area contributed by atoms with Gasteiger partial charge in [-0.15, -0.1) is 0 Å². The number of pyridine rings is 1. The number of amides is 1. The van der Waals surface area contributed by atoms with Crippen molar-refractivity contribution in [2.75, 3.05) is 31.2 Å². The maximum absolute atomic E-state index is 12.5. The lowest BCUT2D eigenvalue weighted by Crippen LogP contribution is -2.43. The number of likely N-dealkylation sites (N-methyl/N-ethyl adjacent to an activating group) is 1. The van der Waals surface area contributed by atoms with Crippen LogP contribution in [0, 0.1) is 0 Å². The number of carbonyl (C=O) groups excluding carboxylic acids is 2. The fourth-order valence-electron chi connectivity index (χ4n) is 2.38. The molecule has 3 N–H and O–H groups in total. The van der Waals surface area contributed by atoms with Crippen molar-refractivity contribution in [3.63, 3.8) is 0 Å². The van der Waals surface area contributed by atoms with E-state index in [0.717, 1.165) is 13.6 Å². The van der Waals surface area contributed by atoms with Crippen LogP contribution in [-0.2, 0) is 18.9 Å². The summed E-state index contributed by atoms with van der Waals surface area (Å²) in [7, 11) is 4.19. The number of Topliss-reactive ketones (excluding diaryl/α,β-unsaturated/α-hetero) is 1. The summed E-state index contributed by atoms with van der Waals surface area (Å²) in [6.45, 7) is -0.325. The van der Waals surface area contributed by atoms with Crippen molar-refractivity contribution in [2.24, 2.45) is 14.1 Å². The van der Waals surface area contributed by atoms with Crippen molar-refractivity contribution in [3.05, 3.63) is 49.2 Å². The van der Waals surface area contributed by atoms with E-state index in [1.807, 2.05) is 0 Å². The first-order valence-corrected chi connectivity index (χ1v) is 8.59. The van der Waals surface area contributed by atoms with Crippen LogP contribution in [0.1, 0.15) is 10.4 Å². The standard InChI is InChI=1S/C16H19BrN6O4/c1-21(8-12(25)20-11-5-4-9(17)6-19-11)7-10(24)13-14(18)22(2)16(27)23(3)15(13)26/h4-6H,7-8,18H2,1-3H3,(H,19,20,25). The molecule has 0 radical (unpaired) electrons. The summed E-state index contributed by atoms with van der Waals surface area (Å²) in [5, 5.41) is 2.60. The van der Waals surface area contributed by atoms with E-state index in [2.05, 4.69) is 26.2 Å². The molecule has 144 valence electrons. The van der Waals surface area contributed by atoms with Crippen molar-refractivity contribution in [2.45, 2.75) is 0 Å². The third-order valence-corrected chi connectivity index (χ3v) is 4.28. The predicted molar refractivity (Wildman–Crippen MR) is 104 cm³/mol. The molecular weight excluding hydrogens is 420 g/mol. The predicted octanol–water partition coefficient (Wildman–Crippen LogP) is -0.423. The number of nitrogen functional groups attached to an aromatic ring is 1. The van der Waals surface area contributed by atoms with E-state index in [0.29, 0.717) is 5.82 Å². The third kappa shape index (κ3) is 4.68. The summed E-state index contributed by atoms with van der Waals surface area (Å²) in [4.78, 5) is 54.0. The van der Waals surface area contributed by atoms with E-state index in [1.54, 1.807) is 25.4 Å². The average molecular weight is 439 g/mol. The molecule has 0 aliphatic heterocycles. The summed E-state index contributed by atoms with van der Waals surface area (Å²) in [6.07, 6.45) is 1.54. The van der Waals surface area contributed by atoms with Crippen LogP contribution in [0.4, 0.5) is 11.6 Å². The Morgan fingerprint density at radius 1 is 1.22 bits per heavy atom. The SMILES string of the molecule is CN(CC(=O)Nc1ccc(Br)cn1)CC(=O)c1c(N)n(C)c(=O)n(C)c1=O. The number of rotatable bonds is 6. The van der Waals surface area contributed by atoms with Gasteiger partial charge in [0.15, 0.2) is 5.78 Å². The maximum Gasteiger partial charge on any atom is 0.332 e. The van der Waals surface area contributed by atoms with Crippen molar-refractivity contribution in [1.29, 1.82) is 0 Å². The Bertz CT molecular complexity index is 996. The van der Waals surface area contributed by atoms with Gasteiger partial charge in [-0.1, -0.05) is 0 Å². The van der Waals surface area contributed by atoms with Gasteiger partial charge in [0.25, 0.3) is 5.56 Å². The molecule has 0 atom stereocenters. The second kappa shape index (κ2) is 8.27. The molecule has 2 rings (SSSR count). The Balaban J connectivity index is 2.08. The first-order valence-electron chi connectivity index (χ1n) is 7.80. The largest absolute Gasteiger partial charge is 0.384 e. The summed E-state index contributed by atoms with van der Waals surface area (Å²) in [5.41, 5.74) is 4.10. The van der Waals surface area contributed by atoms with Gasteiger partial charge in [-0.3, -0.25) is 28.4 Å². The first-order chi connectivity index (χ1) is 12.6. The molecular formula is C16H19BrN6O4. The number of halogens is 1. The fraction of sp³-hybridized carbons (Fsp3) is 0.312. The van der Waals surface area contributed by atoms with Crippen molar-refractivity contribution < 1.29 is 9.59 Å². The number of aromatic nitrogens is 3. The molecule has 2 heterocycles. The van der Waals surface area contributed by atoms with E-state index < -0.39 is 17.0 Å². The lowest BCUT2D eigenvalue weighted by molar-refractivity contribution is -0.116. The summed E-state index contributed by atoms with van der Waals surface area (Å²) < 4.78 is 2.62. The minimum absolute atomic E-state index is 0.102. The lowest BCUT2D eigenvalue weighted by atomic mass is 10.2. The number of nitrogens with one attached hydrogen (secondary N) is 1. The Labute approximate surface area is 162 Å². The van der Waals surface area contributed by atoms with Crippen molar-refractivity contribution in [3.8, 4) is 0 Å². The summed E-state index contributed by atoms with van der Waals surface area (Å²) in [6, 6.07) is 3.36. The van der Waals surface area contributed by atoms with Gasteiger partial charge in [0, 0.05) is 24.8 Å². The number of hydrogen-bond acceptors (Lipinski definition) is 7. The normalized spacial score (nSPS) is 10.9. The van der Waals surface area contributed by atoms with Crippen LogP contribution < -0.4 is 22.3 Å². The summed E-state index contributed by atoms with van der Waals surface area (Å²) in [5.74, 6) is -0.786. The Morgan fingerprint density at radius 2 is 1.89 bits per heavy atom. The molecule has 0 aromatic carbocycles. The number of ketones is 1. The highest BCUT2D eigenvalue weighted by molar-refractivity contribution is 9.10. The summed E-state index contributed by atoms with van der Waals surface area (Å²) >= 11 is 3.25. The molecule has 27 heavy (non-hydrogen) atoms. The molecule has 0 unspecified atom stereocenters. The molecule has 0 aliphatic carbocycles. The van der Waals surface area contributed by atoms with Gasteiger partial charge in [0.05, 0.1) is 13.1 Å².